The van der Waals surface area contributed by atoms with E-state index in [1.165, 1.54) is 23.9 Å². The van der Waals surface area contributed by atoms with Gasteiger partial charge in [0.1, 0.15) is 0 Å². The van der Waals surface area contributed by atoms with Crippen molar-refractivity contribution in [3.63, 3.8) is 0 Å². The molecule has 0 aromatic heterocycles. The van der Waals surface area contributed by atoms with Crippen LogP contribution in [-0.4, -0.2) is 30.0 Å². The fourth-order valence-electron chi connectivity index (χ4n) is 4.84. The first-order chi connectivity index (χ1) is 14.6. The second-order valence-electron chi connectivity index (χ2n) is 8.46. The summed E-state index contributed by atoms with van der Waals surface area (Å²) in [5, 5.41) is 20.0. The van der Waals surface area contributed by atoms with Crippen LogP contribution in [0.1, 0.15) is 31.7 Å². The summed E-state index contributed by atoms with van der Waals surface area (Å²) in [5.41, 5.74) is 1.79. The Morgan fingerprint density at radius 2 is 1.97 bits per heavy atom. The highest BCUT2D eigenvalue weighted by Crippen LogP contribution is 2.56. The molecule has 1 saturated carbocycles. The summed E-state index contributed by atoms with van der Waals surface area (Å²) in [7, 11) is -3.84. The molecule has 0 bridgehead atoms. The number of nitrogens with two attached hydrogens (primary N) is 1. The van der Waals surface area contributed by atoms with Crippen LogP contribution in [0.5, 0.6) is 0 Å². The maximum atomic E-state index is 11.9. The van der Waals surface area contributed by atoms with Crippen LogP contribution in [0, 0.1) is 22.0 Å². The van der Waals surface area contributed by atoms with E-state index in [0.29, 0.717) is 10.8 Å². The number of nitrogens with one attached hydrogen (secondary N) is 1. The van der Waals surface area contributed by atoms with Gasteiger partial charge in [0, 0.05) is 29.0 Å². The summed E-state index contributed by atoms with van der Waals surface area (Å²) in [6.45, 7) is 4.29. The van der Waals surface area contributed by atoms with E-state index in [9.17, 15) is 18.5 Å². The van der Waals surface area contributed by atoms with Crippen molar-refractivity contribution in [1.29, 1.82) is 0 Å². The monoisotopic (exact) mass is 481 g/mol. The minimum atomic E-state index is -3.84. The van der Waals surface area contributed by atoms with Gasteiger partial charge in [-0.05, 0) is 48.1 Å². The third-order valence-electron chi connectivity index (χ3n) is 6.22. The number of rotatable bonds is 5. The fraction of sp³-hybridized carbons (Fsp3) is 0.429. The van der Waals surface area contributed by atoms with E-state index >= 15 is 0 Å². The van der Waals surface area contributed by atoms with Crippen molar-refractivity contribution >= 4 is 44.8 Å². The Labute approximate surface area is 190 Å². The molecule has 0 saturated heterocycles. The van der Waals surface area contributed by atoms with Crippen LogP contribution in [0.4, 0.5) is 11.4 Å². The number of halogens is 1. The number of alkyl halides is 1. The normalized spacial score (nSPS) is 27.5. The number of primary sulfonamides is 1. The number of thioether (sulfide) groups is 1. The molecule has 1 aliphatic carbocycles. The number of fused-ring (bicyclic) bond motifs is 3. The van der Waals surface area contributed by atoms with E-state index < -0.39 is 10.0 Å². The molecule has 3 N–H and O–H groups in total. The van der Waals surface area contributed by atoms with Crippen molar-refractivity contribution in [2.24, 2.45) is 17.0 Å². The van der Waals surface area contributed by atoms with Crippen molar-refractivity contribution in [2.75, 3.05) is 5.32 Å². The highest BCUT2D eigenvalue weighted by atomic mass is 35.5. The van der Waals surface area contributed by atoms with Crippen molar-refractivity contribution < 1.29 is 13.3 Å². The summed E-state index contributed by atoms with van der Waals surface area (Å²) in [5.74, 6) is 0.426. The summed E-state index contributed by atoms with van der Waals surface area (Å²) in [6, 6.07) is 11.7. The maximum absolute atomic E-state index is 11.9. The minimum absolute atomic E-state index is 0.0510. The SMILES string of the molecule is CC(C)[C@@H]1Nc2ccc(S(N)(=O)=O)cc2[C@H]2[C@@H](Cl)[C@@H](Sc3ccccc3[N+](=O)[O-])C[C@@H]21. The molecule has 7 nitrogen and oxygen atoms in total. The molecule has 4 rings (SSSR count). The summed E-state index contributed by atoms with van der Waals surface area (Å²) in [6.07, 6.45) is 0.768. The highest BCUT2D eigenvalue weighted by Gasteiger charge is 2.50. The molecule has 1 heterocycles. The Morgan fingerprint density at radius 1 is 1.26 bits per heavy atom. The van der Waals surface area contributed by atoms with Crippen LogP contribution in [0.3, 0.4) is 0 Å². The quantitative estimate of drug-likeness (QED) is 0.367. The molecule has 31 heavy (non-hydrogen) atoms. The van der Waals surface area contributed by atoms with Gasteiger partial charge in [-0.15, -0.1) is 23.4 Å². The van der Waals surface area contributed by atoms with Crippen LogP contribution in [0.15, 0.2) is 52.3 Å². The van der Waals surface area contributed by atoms with Gasteiger partial charge in [0.25, 0.3) is 5.69 Å². The topological polar surface area (TPSA) is 115 Å². The fourth-order valence-corrected chi connectivity index (χ4v) is 7.33. The number of nitro groups is 1. The number of benzene rings is 2. The molecule has 0 spiro atoms. The molecule has 2 aromatic carbocycles. The van der Waals surface area contributed by atoms with Gasteiger partial charge in [-0.2, -0.15) is 0 Å². The van der Waals surface area contributed by atoms with E-state index in [0.717, 1.165) is 17.7 Å². The van der Waals surface area contributed by atoms with Crippen molar-refractivity contribution in [3.05, 3.63) is 58.1 Å². The van der Waals surface area contributed by atoms with Crippen molar-refractivity contribution in [3.8, 4) is 0 Å². The van der Waals surface area contributed by atoms with Crippen LogP contribution in [0.25, 0.3) is 0 Å². The van der Waals surface area contributed by atoms with Gasteiger partial charge >= 0.3 is 0 Å². The predicted molar refractivity (Wildman–Crippen MR) is 123 cm³/mol. The molecule has 2 aliphatic rings. The second-order valence-corrected chi connectivity index (χ2v) is 11.8. The number of hydrogen-bond donors (Lipinski definition) is 2. The molecule has 1 aliphatic heterocycles. The molecule has 0 unspecified atom stereocenters. The van der Waals surface area contributed by atoms with E-state index in [1.54, 1.807) is 30.3 Å². The Balaban J connectivity index is 1.73. The summed E-state index contributed by atoms with van der Waals surface area (Å²) in [4.78, 5) is 11.7. The Hall–Kier alpha value is -1.81. The molecule has 0 radical (unpaired) electrons. The highest BCUT2D eigenvalue weighted by molar-refractivity contribution is 8.00. The third kappa shape index (κ3) is 4.16. The van der Waals surface area contributed by atoms with Crippen molar-refractivity contribution in [1.82, 2.24) is 0 Å². The Morgan fingerprint density at radius 3 is 2.61 bits per heavy atom. The Bertz CT molecular complexity index is 1130. The third-order valence-corrected chi connectivity index (χ3v) is 9.24. The average molecular weight is 482 g/mol. The lowest BCUT2D eigenvalue weighted by Crippen LogP contribution is -2.40. The van der Waals surface area contributed by atoms with Gasteiger partial charge in [0.2, 0.25) is 10.0 Å². The molecule has 0 amide bonds. The van der Waals surface area contributed by atoms with E-state index in [-0.39, 0.29) is 44.0 Å². The van der Waals surface area contributed by atoms with E-state index in [1.807, 2.05) is 0 Å². The number of nitro benzene ring substituents is 1. The summed E-state index contributed by atoms with van der Waals surface area (Å²) >= 11 is 8.43. The Kier molecular flexibility index (Phi) is 5.97. The second kappa shape index (κ2) is 8.27. The number of anilines is 1. The first-order valence-electron chi connectivity index (χ1n) is 10.1. The zero-order chi connectivity index (χ0) is 22.5. The molecular formula is C21H24ClN3O4S2. The van der Waals surface area contributed by atoms with Crippen LogP contribution in [-0.2, 0) is 10.0 Å². The average Bonchev–Trinajstić information content (AvgIpc) is 3.02. The molecule has 10 heteroatoms. The van der Waals surface area contributed by atoms with Crippen LogP contribution in [0.2, 0.25) is 0 Å². The molecular weight excluding hydrogens is 458 g/mol. The van der Waals surface area contributed by atoms with Gasteiger partial charge in [-0.3, -0.25) is 10.1 Å². The molecule has 1 fully saturated rings. The lowest BCUT2D eigenvalue weighted by Gasteiger charge is -2.40. The van der Waals surface area contributed by atoms with Gasteiger partial charge in [-0.1, -0.05) is 26.0 Å². The number of para-hydroxylation sites is 1. The predicted octanol–water partition coefficient (Wildman–Crippen LogP) is 4.56. The zero-order valence-corrected chi connectivity index (χ0v) is 19.5. The van der Waals surface area contributed by atoms with E-state index in [2.05, 4.69) is 19.2 Å². The van der Waals surface area contributed by atoms with Gasteiger partial charge in [0.15, 0.2) is 0 Å². The van der Waals surface area contributed by atoms with Gasteiger partial charge in [-0.25, -0.2) is 13.6 Å². The van der Waals surface area contributed by atoms with Gasteiger partial charge in [0.05, 0.1) is 20.1 Å². The van der Waals surface area contributed by atoms with E-state index in [4.69, 9.17) is 16.7 Å². The standard InChI is InChI=1S/C21H24ClN3O4S2/c1-11(2)21-14-10-18(30-17-6-4-3-5-16(17)25(26)27)20(22)19(14)13-9-12(31(23,28)29)7-8-15(13)24-21/h3-9,11,14,18-21,24H,10H2,1-2H3,(H2,23,28,29)/t14-,18-,19+,20-,21-/m0/s1. The number of nitrogens with zero attached hydrogens (tertiary/aromatic N) is 1. The molecule has 2 aromatic rings. The smallest absolute Gasteiger partial charge is 0.282 e. The molecule has 166 valence electrons. The lowest BCUT2D eigenvalue weighted by atomic mass is 9.76. The molecule has 5 atom stereocenters. The van der Waals surface area contributed by atoms with Gasteiger partial charge < -0.3 is 5.32 Å². The number of hydrogen-bond acceptors (Lipinski definition) is 6. The summed E-state index contributed by atoms with van der Waals surface area (Å²) < 4.78 is 23.9. The van der Waals surface area contributed by atoms with Crippen LogP contribution >= 0.6 is 23.4 Å². The minimum Gasteiger partial charge on any atom is -0.382 e. The lowest BCUT2D eigenvalue weighted by molar-refractivity contribution is -0.387. The van der Waals surface area contributed by atoms with Crippen molar-refractivity contribution in [2.45, 2.75) is 52.6 Å². The first-order valence-corrected chi connectivity index (χ1v) is 12.9. The zero-order valence-electron chi connectivity index (χ0n) is 17.1. The van der Waals surface area contributed by atoms with Crippen LogP contribution < -0.4 is 10.5 Å². The maximum Gasteiger partial charge on any atom is 0.282 e. The first kappa shape index (κ1) is 22.4. The number of sulfonamides is 1. The largest absolute Gasteiger partial charge is 0.382 e.